The van der Waals surface area contributed by atoms with Crippen molar-refractivity contribution in [3.63, 3.8) is 0 Å². The molecule has 164 valence electrons. The molecule has 0 spiro atoms. The molecule has 1 atom stereocenters. The summed E-state index contributed by atoms with van der Waals surface area (Å²) in [6.45, 7) is 7.88. The van der Waals surface area contributed by atoms with E-state index >= 15 is 0 Å². The van der Waals surface area contributed by atoms with E-state index in [1.54, 1.807) is 61.5 Å². The van der Waals surface area contributed by atoms with E-state index in [1.807, 2.05) is 27.7 Å². The molecule has 0 aliphatic heterocycles. The molecule has 2 aromatic carbocycles. The first-order valence-corrected chi connectivity index (χ1v) is 11.6. The van der Waals surface area contributed by atoms with Gasteiger partial charge in [0.1, 0.15) is 5.75 Å². The van der Waals surface area contributed by atoms with Gasteiger partial charge in [0, 0.05) is 26.1 Å². The van der Waals surface area contributed by atoms with Gasteiger partial charge in [-0.2, -0.15) is 0 Å². The second-order valence-electron chi connectivity index (χ2n) is 7.53. The summed E-state index contributed by atoms with van der Waals surface area (Å²) in [5.74, 6) is 0.549. The number of nitrogens with zero attached hydrogens (tertiary/aromatic N) is 2. The Labute approximate surface area is 180 Å². The quantitative estimate of drug-likeness (QED) is 0.597. The molecule has 0 heterocycles. The average molecular weight is 433 g/mol. The van der Waals surface area contributed by atoms with Gasteiger partial charge in [0.15, 0.2) is 0 Å². The minimum absolute atomic E-state index is 0.0567. The fourth-order valence-corrected chi connectivity index (χ4v) is 4.58. The summed E-state index contributed by atoms with van der Waals surface area (Å²) in [7, 11) is -0.525. The molecular weight excluding hydrogens is 400 g/mol. The Kier molecular flexibility index (Phi) is 7.89. The second-order valence-corrected chi connectivity index (χ2v) is 9.40. The smallest absolute Gasteiger partial charge is 0.264 e. The predicted octanol–water partition coefficient (Wildman–Crippen LogP) is 4.15. The van der Waals surface area contributed by atoms with Crippen molar-refractivity contribution in [3.05, 3.63) is 53.6 Å². The summed E-state index contributed by atoms with van der Waals surface area (Å²) >= 11 is 0. The molecule has 0 N–H and O–H groups in total. The number of anilines is 1. The van der Waals surface area contributed by atoms with E-state index < -0.39 is 10.0 Å². The van der Waals surface area contributed by atoms with Crippen LogP contribution in [0.2, 0.25) is 0 Å². The maximum Gasteiger partial charge on any atom is 0.264 e. The third-order valence-electron chi connectivity index (χ3n) is 5.60. The number of hydrogen-bond acceptors (Lipinski definition) is 4. The molecule has 0 radical (unpaired) electrons. The Morgan fingerprint density at radius 2 is 1.70 bits per heavy atom. The number of aryl methyl sites for hydroxylation is 2. The first-order chi connectivity index (χ1) is 14.1. The lowest BCUT2D eigenvalue weighted by atomic mass is 10.1. The molecule has 0 saturated heterocycles. The molecule has 0 aromatic heterocycles. The molecule has 1 unspecified atom stereocenters. The molecule has 1 amide bonds. The Balaban J connectivity index is 2.39. The summed E-state index contributed by atoms with van der Waals surface area (Å²) in [5.41, 5.74) is 2.42. The van der Waals surface area contributed by atoms with Gasteiger partial charge >= 0.3 is 0 Å². The lowest BCUT2D eigenvalue weighted by molar-refractivity contribution is -0.131. The van der Waals surface area contributed by atoms with Gasteiger partial charge in [-0.15, -0.1) is 0 Å². The van der Waals surface area contributed by atoms with Crippen molar-refractivity contribution in [2.45, 2.75) is 51.5 Å². The number of rotatable bonds is 9. The number of benzene rings is 2. The van der Waals surface area contributed by atoms with Crippen LogP contribution in [0.4, 0.5) is 5.69 Å². The summed E-state index contributed by atoms with van der Waals surface area (Å²) < 4.78 is 33.5. The van der Waals surface area contributed by atoms with Crippen LogP contribution in [0, 0.1) is 13.8 Å². The highest BCUT2D eigenvalue weighted by atomic mass is 32.2. The molecule has 0 bridgehead atoms. The fraction of sp³-hybridized carbons (Fsp3) is 0.435. The first kappa shape index (κ1) is 23.7. The van der Waals surface area contributed by atoms with E-state index in [0.29, 0.717) is 11.4 Å². The number of sulfonamides is 1. The van der Waals surface area contributed by atoms with Crippen molar-refractivity contribution in [1.82, 2.24) is 4.90 Å². The molecule has 6 nitrogen and oxygen atoms in total. The number of carbonyl (C=O) groups is 1. The molecule has 2 rings (SSSR count). The molecule has 0 aliphatic carbocycles. The number of methoxy groups -OCH3 is 1. The third kappa shape index (κ3) is 5.33. The van der Waals surface area contributed by atoms with E-state index in [2.05, 4.69) is 0 Å². The Morgan fingerprint density at radius 3 is 2.23 bits per heavy atom. The minimum Gasteiger partial charge on any atom is -0.497 e. The van der Waals surface area contributed by atoms with Crippen molar-refractivity contribution >= 4 is 21.6 Å². The van der Waals surface area contributed by atoms with Gasteiger partial charge in [-0.25, -0.2) is 8.42 Å². The highest BCUT2D eigenvalue weighted by Crippen LogP contribution is 2.27. The topological polar surface area (TPSA) is 66.9 Å². The van der Waals surface area contributed by atoms with Crippen LogP contribution in [0.5, 0.6) is 5.75 Å². The van der Waals surface area contributed by atoms with Gasteiger partial charge < -0.3 is 9.64 Å². The normalized spacial score (nSPS) is 12.3. The SMILES string of the molecule is CCC(C)N(C)C(=O)CCN(c1ccc(OC)cc1)S(=O)(=O)c1ccc(C)c(C)c1. The highest BCUT2D eigenvalue weighted by Gasteiger charge is 2.27. The molecule has 2 aromatic rings. The van der Waals surface area contributed by atoms with Crippen LogP contribution in [0.3, 0.4) is 0 Å². The van der Waals surface area contributed by atoms with Crippen LogP contribution in [0.25, 0.3) is 0 Å². The molecule has 0 saturated carbocycles. The number of amides is 1. The van der Waals surface area contributed by atoms with Crippen LogP contribution in [-0.4, -0.2) is 46.0 Å². The molecule has 7 heteroatoms. The molecular formula is C23H32N2O4S. The molecule has 30 heavy (non-hydrogen) atoms. The number of hydrogen-bond donors (Lipinski definition) is 0. The minimum atomic E-state index is -3.84. The van der Waals surface area contributed by atoms with Crippen molar-refractivity contribution in [3.8, 4) is 5.75 Å². The zero-order valence-electron chi connectivity index (χ0n) is 18.7. The third-order valence-corrected chi connectivity index (χ3v) is 7.42. The summed E-state index contributed by atoms with van der Waals surface area (Å²) in [5, 5.41) is 0. The maximum absolute atomic E-state index is 13.5. The second kappa shape index (κ2) is 9.98. The van der Waals surface area contributed by atoms with Gasteiger partial charge in [-0.3, -0.25) is 9.10 Å². The van der Waals surface area contributed by atoms with Gasteiger partial charge in [0.05, 0.1) is 17.7 Å². The van der Waals surface area contributed by atoms with Crippen molar-refractivity contribution < 1.29 is 17.9 Å². The number of ether oxygens (including phenoxy) is 1. The van der Waals surface area contributed by atoms with Crippen molar-refractivity contribution in [2.75, 3.05) is 25.0 Å². The maximum atomic E-state index is 13.5. The van der Waals surface area contributed by atoms with E-state index in [4.69, 9.17) is 4.74 Å². The molecule has 0 aliphatic rings. The van der Waals surface area contributed by atoms with Crippen LogP contribution in [-0.2, 0) is 14.8 Å². The van der Waals surface area contributed by atoms with E-state index in [-0.39, 0.29) is 29.8 Å². The van der Waals surface area contributed by atoms with Gasteiger partial charge in [-0.1, -0.05) is 13.0 Å². The molecule has 0 fully saturated rings. The van der Waals surface area contributed by atoms with Gasteiger partial charge in [0.2, 0.25) is 5.91 Å². The Morgan fingerprint density at radius 1 is 1.07 bits per heavy atom. The first-order valence-electron chi connectivity index (χ1n) is 10.1. The lowest BCUT2D eigenvalue weighted by Crippen LogP contribution is -2.39. The van der Waals surface area contributed by atoms with E-state index in [1.165, 1.54) is 4.31 Å². The Hall–Kier alpha value is -2.54. The van der Waals surface area contributed by atoms with Gasteiger partial charge in [0.25, 0.3) is 10.0 Å². The van der Waals surface area contributed by atoms with Crippen LogP contribution >= 0.6 is 0 Å². The zero-order chi connectivity index (χ0) is 22.5. The summed E-state index contributed by atoms with van der Waals surface area (Å²) in [6.07, 6.45) is 0.933. The Bertz CT molecular complexity index is 971. The van der Waals surface area contributed by atoms with Crippen LogP contribution in [0.15, 0.2) is 47.4 Å². The van der Waals surface area contributed by atoms with Crippen LogP contribution < -0.4 is 9.04 Å². The van der Waals surface area contributed by atoms with Crippen molar-refractivity contribution in [1.29, 1.82) is 0 Å². The summed E-state index contributed by atoms with van der Waals surface area (Å²) in [6, 6.07) is 12.0. The summed E-state index contributed by atoms with van der Waals surface area (Å²) in [4.78, 5) is 14.5. The predicted molar refractivity (Wildman–Crippen MR) is 121 cm³/mol. The van der Waals surface area contributed by atoms with Gasteiger partial charge in [-0.05, 0) is 74.7 Å². The zero-order valence-corrected chi connectivity index (χ0v) is 19.5. The monoisotopic (exact) mass is 432 g/mol. The van der Waals surface area contributed by atoms with Crippen molar-refractivity contribution in [2.24, 2.45) is 0 Å². The standard InChI is InChI=1S/C23H32N2O4S/c1-7-19(4)24(5)23(26)14-15-25(20-9-11-21(29-6)12-10-20)30(27,28)22-13-8-17(2)18(3)16-22/h8-13,16,19H,7,14-15H2,1-6H3. The fourth-order valence-electron chi connectivity index (χ4n) is 3.03. The number of carbonyl (C=O) groups excluding carboxylic acids is 1. The van der Waals surface area contributed by atoms with E-state index in [9.17, 15) is 13.2 Å². The largest absolute Gasteiger partial charge is 0.497 e. The lowest BCUT2D eigenvalue weighted by Gasteiger charge is -2.28. The van der Waals surface area contributed by atoms with E-state index in [0.717, 1.165) is 17.5 Å². The van der Waals surface area contributed by atoms with Crippen LogP contribution in [0.1, 0.15) is 37.8 Å². The average Bonchev–Trinajstić information content (AvgIpc) is 2.74. The highest BCUT2D eigenvalue weighted by molar-refractivity contribution is 7.92.